The molecule has 0 radical (unpaired) electrons. The summed E-state index contributed by atoms with van der Waals surface area (Å²) in [6.07, 6.45) is 1.67. The number of hydrogen-bond donors (Lipinski definition) is 0. The van der Waals surface area contributed by atoms with Crippen molar-refractivity contribution in [2.45, 2.75) is 0 Å². The van der Waals surface area contributed by atoms with Crippen molar-refractivity contribution in [3.8, 4) is 22.8 Å². The van der Waals surface area contributed by atoms with Crippen LogP contribution in [0.15, 0.2) is 71.3 Å². The van der Waals surface area contributed by atoms with Crippen molar-refractivity contribution in [2.24, 2.45) is 0 Å². The maximum Gasteiger partial charge on any atom is 0.346 e. The van der Waals surface area contributed by atoms with Crippen molar-refractivity contribution in [1.82, 2.24) is 4.98 Å². The quantitative estimate of drug-likeness (QED) is 0.397. The first-order valence-corrected chi connectivity index (χ1v) is 8.06. The predicted octanol–water partition coefficient (Wildman–Crippen LogP) is 4.47. The molecule has 0 amide bonds. The molecule has 0 spiro atoms. The first-order chi connectivity index (χ1) is 12.7. The summed E-state index contributed by atoms with van der Waals surface area (Å²) in [7, 11) is 0. The fourth-order valence-electron chi connectivity index (χ4n) is 3.26. The van der Waals surface area contributed by atoms with Crippen LogP contribution in [0.1, 0.15) is 20.7 Å². The Labute approximate surface area is 147 Å². The monoisotopic (exact) mass is 341 g/mol. The molecule has 0 atom stereocenters. The van der Waals surface area contributed by atoms with Crippen LogP contribution in [0.4, 0.5) is 0 Å². The minimum absolute atomic E-state index is 0.369. The van der Waals surface area contributed by atoms with Gasteiger partial charge in [0.25, 0.3) is 0 Å². The summed E-state index contributed by atoms with van der Waals surface area (Å²) in [6, 6.07) is 18.3. The molecule has 5 heteroatoms. The van der Waals surface area contributed by atoms with Crippen molar-refractivity contribution < 1.29 is 18.7 Å². The molecule has 5 rings (SSSR count). The molecule has 0 bridgehead atoms. The third kappa shape index (κ3) is 2.07. The van der Waals surface area contributed by atoms with Crippen molar-refractivity contribution in [3.63, 3.8) is 0 Å². The highest BCUT2D eigenvalue weighted by Crippen LogP contribution is 2.36. The Balaban J connectivity index is 1.73. The Kier molecular flexibility index (Phi) is 3.03. The summed E-state index contributed by atoms with van der Waals surface area (Å²) < 4.78 is 10.7. The van der Waals surface area contributed by atoms with E-state index in [1.807, 2.05) is 36.4 Å². The Bertz CT molecular complexity index is 1170. The maximum absolute atomic E-state index is 12.0. The number of esters is 2. The van der Waals surface area contributed by atoms with Gasteiger partial charge < -0.3 is 9.15 Å². The molecule has 26 heavy (non-hydrogen) atoms. The number of cyclic esters (lactones) is 2. The van der Waals surface area contributed by atoms with Gasteiger partial charge in [0.15, 0.2) is 5.76 Å². The lowest BCUT2D eigenvalue weighted by molar-refractivity contribution is 0.0391. The van der Waals surface area contributed by atoms with Crippen LogP contribution >= 0.6 is 0 Å². The molecule has 3 aromatic carbocycles. The number of carbonyl (C=O) groups excluding carboxylic acids is 2. The van der Waals surface area contributed by atoms with Gasteiger partial charge in [-0.25, -0.2) is 14.6 Å². The van der Waals surface area contributed by atoms with Crippen LogP contribution < -0.4 is 0 Å². The van der Waals surface area contributed by atoms with Gasteiger partial charge in [-0.3, -0.25) is 0 Å². The van der Waals surface area contributed by atoms with E-state index in [2.05, 4.69) is 4.98 Å². The fourth-order valence-corrected chi connectivity index (χ4v) is 3.26. The molecule has 1 aliphatic rings. The second-order valence-electron chi connectivity index (χ2n) is 5.96. The van der Waals surface area contributed by atoms with E-state index in [1.54, 1.807) is 30.5 Å². The van der Waals surface area contributed by atoms with Crippen molar-refractivity contribution in [3.05, 3.63) is 78.0 Å². The molecule has 124 valence electrons. The smallest absolute Gasteiger partial charge is 0.346 e. The van der Waals surface area contributed by atoms with Gasteiger partial charge in [0, 0.05) is 16.5 Å². The summed E-state index contributed by atoms with van der Waals surface area (Å²) >= 11 is 0. The number of carbonyl (C=O) groups is 2. The van der Waals surface area contributed by atoms with E-state index >= 15 is 0 Å². The minimum Gasteiger partial charge on any atom is -0.436 e. The van der Waals surface area contributed by atoms with Crippen LogP contribution in [-0.4, -0.2) is 16.9 Å². The Morgan fingerprint density at radius 2 is 1.46 bits per heavy atom. The Hall–Kier alpha value is -3.73. The fraction of sp³-hybridized carbons (Fsp3) is 0. The second-order valence-corrected chi connectivity index (χ2v) is 5.96. The third-order valence-corrected chi connectivity index (χ3v) is 4.46. The molecule has 0 N–H and O–H groups in total. The van der Waals surface area contributed by atoms with Gasteiger partial charge in [-0.15, -0.1) is 0 Å². The largest absolute Gasteiger partial charge is 0.436 e. The normalized spacial score (nSPS) is 13.1. The van der Waals surface area contributed by atoms with Gasteiger partial charge in [-0.1, -0.05) is 42.5 Å². The van der Waals surface area contributed by atoms with E-state index < -0.39 is 11.9 Å². The zero-order valence-electron chi connectivity index (χ0n) is 13.4. The molecule has 1 aromatic heterocycles. The number of benzene rings is 3. The molecule has 0 unspecified atom stereocenters. The summed E-state index contributed by atoms with van der Waals surface area (Å²) in [4.78, 5) is 28.5. The SMILES string of the molecule is O=C1OC(=O)c2ccc(-c3ncc(-c4ccccc4)o3)c3cccc1c23. The molecule has 0 saturated carbocycles. The van der Waals surface area contributed by atoms with E-state index in [-0.39, 0.29) is 0 Å². The minimum atomic E-state index is -0.636. The topological polar surface area (TPSA) is 69.4 Å². The lowest BCUT2D eigenvalue weighted by Gasteiger charge is -2.16. The highest BCUT2D eigenvalue weighted by molar-refractivity contribution is 6.22. The van der Waals surface area contributed by atoms with E-state index in [0.717, 1.165) is 16.5 Å². The molecule has 0 aliphatic carbocycles. The molecular formula is C21H11NO4. The van der Waals surface area contributed by atoms with Gasteiger partial charge in [-0.2, -0.15) is 0 Å². The highest BCUT2D eigenvalue weighted by atomic mass is 16.6. The first-order valence-electron chi connectivity index (χ1n) is 8.06. The summed E-state index contributed by atoms with van der Waals surface area (Å²) in [6.45, 7) is 0. The standard InChI is InChI=1S/C21H11NO4/c23-20-15-8-4-7-13-14(9-10-16(18(13)15)21(24)26-20)19-22-11-17(25-19)12-5-2-1-3-6-12/h1-11H. The zero-order valence-corrected chi connectivity index (χ0v) is 13.4. The Morgan fingerprint density at radius 1 is 0.731 bits per heavy atom. The predicted molar refractivity (Wildman–Crippen MR) is 94.6 cm³/mol. The van der Waals surface area contributed by atoms with Crippen molar-refractivity contribution in [1.29, 1.82) is 0 Å². The van der Waals surface area contributed by atoms with E-state index in [1.165, 1.54) is 0 Å². The van der Waals surface area contributed by atoms with Crippen LogP contribution in [0, 0.1) is 0 Å². The van der Waals surface area contributed by atoms with Crippen LogP contribution in [0.3, 0.4) is 0 Å². The lowest BCUT2D eigenvalue weighted by Crippen LogP contribution is -2.19. The third-order valence-electron chi connectivity index (χ3n) is 4.46. The summed E-state index contributed by atoms with van der Waals surface area (Å²) in [5, 5.41) is 1.30. The van der Waals surface area contributed by atoms with Crippen LogP contribution in [-0.2, 0) is 4.74 Å². The summed E-state index contributed by atoms with van der Waals surface area (Å²) in [5.41, 5.74) is 2.38. The average Bonchev–Trinajstić information content (AvgIpc) is 3.16. The summed E-state index contributed by atoms with van der Waals surface area (Å²) in [5.74, 6) is -0.194. The van der Waals surface area contributed by atoms with Gasteiger partial charge in [0.1, 0.15) is 0 Å². The number of rotatable bonds is 2. The first kappa shape index (κ1) is 14.6. The zero-order chi connectivity index (χ0) is 17.7. The van der Waals surface area contributed by atoms with Crippen molar-refractivity contribution in [2.75, 3.05) is 0 Å². The molecule has 5 nitrogen and oxygen atoms in total. The van der Waals surface area contributed by atoms with Gasteiger partial charge in [-0.05, 0) is 23.6 Å². The van der Waals surface area contributed by atoms with E-state index in [9.17, 15) is 9.59 Å². The van der Waals surface area contributed by atoms with E-state index in [0.29, 0.717) is 28.2 Å². The highest BCUT2D eigenvalue weighted by Gasteiger charge is 2.28. The number of hydrogen-bond acceptors (Lipinski definition) is 5. The molecule has 0 saturated heterocycles. The molecule has 4 aromatic rings. The number of oxazole rings is 1. The number of nitrogens with zero attached hydrogens (tertiary/aromatic N) is 1. The second kappa shape index (κ2) is 5.39. The Morgan fingerprint density at radius 3 is 2.27 bits per heavy atom. The van der Waals surface area contributed by atoms with Crippen LogP contribution in [0.5, 0.6) is 0 Å². The van der Waals surface area contributed by atoms with Gasteiger partial charge in [0.05, 0.1) is 17.3 Å². The number of aromatic nitrogens is 1. The van der Waals surface area contributed by atoms with Gasteiger partial charge in [0.2, 0.25) is 5.89 Å². The molecule has 1 aliphatic heterocycles. The molecule has 0 fully saturated rings. The van der Waals surface area contributed by atoms with Crippen LogP contribution in [0.25, 0.3) is 33.6 Å². The van der Waals surface area contributed by atoms with Crippen LogP contribution in [0.2, 0.25) is 0 Å². The van der Waals surface area contributed by atoms with Gasteiger partial charge >= 0.3 is 11.9 Å². The number of ether oxygens (including phenoxy) is 1. The lowest BCUT2D eigenvalue weighted by atomic mass is 9.94. The maximum atomic E-state index is 12.0. The molecule has 2 heterocycles. The average molecular weight is 341 g/mol. The molecular weight excluding hydrogens is 330 g/mol. The van der Waals surface area contributed by atoms with Crippen molar-refractivity contribution >= 4 is 22.7 Å². The van der Waals surface area contributed by atoms with E-state index in [4.69, 9.17) is 9.15 Å².